The molecule has 1 aromatic heterocycles. The lowest BCUT2D eigenvalue weighted by Crippen LogP contribution is -2.30. The Kier molecular flexibility index (Phi) is 5.46. The summed E-state index contributed by atoms with van der Waals surface area (Å²) in [5.74, 6) is 0.637. The minimum absolute atomic E-state index is 0.139. The Morgan fingerprint density at radius 1 is 1.04 bits per heavy atom. The highest BCUT2D eigenvalue weighted by atomic mass is 35.5. The summed E-state index contributed by atoms with van der Waals surface area (Å²) in [5, 5.41) is 0.614. The highest BCUT2D eigenvalue weighted by molar-refractivity contribution is 7.89. The molecule has 1 saturated heterocycles. The number of sulfonamides is 1. The van der Waals surface area contributed by atoms with Gasteiger partial charge in [0.2, 0.25) is 10.0 Å². The van der Waals surface area contributed by atoms with E-state index < -0.39 is 10.0 Å². The van der Waals surface area contributed by atoms with Gasteiger partial charge >= 0.3 is 0 Å². The number of ether oxygens (including phenoxy) is 1. The number of rotatable bonds is 6. The highest BCUT2D eigenvalue weighted by Crippen LogP contribution is 2.20. The maximum Gasteiger partial charge on any atom is 0.250 e. The molecule has 0 saturated carbocycles. The summed E-state index contributed by atoms with van der Waals surface area (Å²) >= 11 is 5.81. The summed E-state index contributed by atoms with van der Waals surface area (Å²) in [6, 6.07) is 9.55. The van der Waals surface area contributed by atoms with Crippen molar-refractivity contribution in [2.24, 2.45) is 0 Å². The van der Waals surface area contributed by atoms with Crippen LogP contribution in [0.2, 0.25) is 5.02 Å². The second kappa shape index (κ2) is 7.59. The van der Waals surface area contributed by atoms with E-state index in [2.05, 4.69) is 0 Å². The topological polar surface area (TPSA) is 68.6 Å². The molecule has 0 aliphatic carbocycles. The third-order valence-corrected chi connectivity index (χ3v) is 6.21. The molecule has 0 atom stereocenters. The van der Waals surface area contributed by atoms with E-state index in [4.69, 9.17) is 16.3 Å². The van der Waals surface area contributed by atoms with E-state index >= 15 is 0 Å². The van der Waals surface area contributed by atoms with Crippen molar-refractivity contribution in [1.82, 2.24) is 8.87 Å². The summed E-state index contributed by atoms with van der Waals surface area (Å²) in [7, 11) is -3.54. The lowest BCUT2D eigenvalue weighted by molar-refractivity contribution is 0.296. The molecule has 0 bridgehead atoms. The van der Waals surface area contributed by atoms with Crippen LogP contribution in [0.5, 0.6) is 5.75 Å². The van der Waals surface area contributed by atoms with Crippen molar-refractivity contribution < 1.29 is 13.2 Å². The summed E-state index contributed by atoms with van der Waals surface area (Å²) < 4.78 is 33.6. The summed E-state index contributed by atoms with van der Waals surface area (Å²) in [6.45, 7) is 1.56. The predicted molar refractivity (Wildman–Crippen MR) is 95.6 cm³/mol. The average Bonchev–Trinajstić information content (AvgIpc) is 3.13. The van der Waals surface area contributed by atoms with Crippen LogP contribution in [-0.2, 0) is 16.6 Å². The first kappa shape index (κ1) is 18.0. The Labute approximate surface area is 151 Å². The Bertz CT molecular complexity index is 888. The van der Waals surface area contributed by atoms with E-state index in [9.17, 15) is 13.2 Å². The molecule has 0 N–H and O–H groups in total. The van der Waals surface area contributed by atoms with Crippen LogP contribution in [0.3, 0.4) is 0 Å². The molecule has 25 heavy (non-hydrogen) atoms. The van der Waals surface area contributed by atoms with E-state index in [1.165, 1.54) is 27.2 Å². The number of nitrogens with zero attached hydrogens (tertiary/aromatic N) is 2. The minimum Gasteiger partial charge on any atom is -0.492 e. The first-order valence-corrected chi connectivity index (χ1v) is 9.88. The van der Waals surface area contributed by atoms with Crippen LogP contribution < -0.4 is 10.3 Å². The first-order chi connectivity index (χ1) is 12.0. The largest absolute Gasteiger partial charge is 0.492 e. The Morgan fingerprint density at radius 2 is 1.72 bits per heavy atom. The molecule has 6 nitrogen and oxygen atoms in total. The fourth-order valence-electron chi connectivity index (χ4n) is 2.71. The molecule has 0 radical (unpaired) electrons. The molecule has 1 aromatic carbocycles. The van der Waals surface area contributed by atoms with Gasteiger partial charge in [0.25, 0.3) is 5.56 Å². The van der Waals surface area contributed by atoms with E-state index in [1.807, 2.05) is 0 Å². The van der Waals surface area contributed by atoms with E-state index in [-0.39, 0.29) is 23.6 Å². The van der Waals surface area contributed by atoms with Crippen LogP contribution in [0.1, 0.15) is 12.8 Å². The molecule has 2 heterocycles. The fourth-order valence-corrected chi connectivity index (χ4v) is 4.37. The van der Waals surface area contributed by atoms with Gasteiger partial charge in [-0.1, -0.05) is 11.6 Å². The number of halogens is 1. The van der Waals surface area contributed by atoms with Gasteiger partial charge in [-0.25, -0.2) is 8.42 Å². The molecular weight excluding hydrogens is 364 g/mol. The molecule has 0 spiro atoms. The monoisotopic (exact) mass is 382 g/mol. The number of hydrogen-bond acceptors (Lipinski definition) is 4. The quantitative estimate of drug-likeness (QED) is 0.769. The second-order valence-electron chi connectivity index (χ2n) is 5.81. The zero-order chi connectivity index (χ0) is 17.9. The Hall–Kier alpha value is -1.83. The van der Waals surface area contributed by atoms with Crippen molar-refractivity contribution >= 4 is 21.6 Å². The van der Waals surface area contributed by atoms with E-state index in [1.54, 1.807) is 24.3 Å². The molecule has 0 unspecified atom stereocenters. The predicted octanol–water partition coefficient (Wildman–Crippen LogP) is 2.37. The maximum absolute atomic E-state index is 12.6. The second-order valence-corrected chi connectivity index (χ2v) is 8.18. The number of pyridine rings is 1. The van der Waals surface area contributed by atoms with Gasteiger partial charge in [0.1, 0.15) is 12.4 Å². The van der Waals surface area contributed by atoms with Crippen molar-refractivity contribution in [3.05, 3.63) is 58.0 Å². The molecule has 134 valence electrons. The average molecular weight is 383 g/mol. The molecule has 1 fully saturated rings. The summed E-state index contributed by atoms with van der Waals surface area (Å²) in [5.41, 5.74) is -0.264. The first-order valence-electron chi connectivity index (χ1n) is 8.06. The molecule has 2 aromatic rings. The number of hydrogen-bond donors (Lipinski definition) is 0. The number of aromatic nitrogens is 1. The molecule has 1 aliphatic rings. The van der Waals surface area contributed by atoms with Crippen molar-refractivity contribution in [2.75, 3.05) is 19.7 Å². The lowest BCUT2D eigenvalue weighted by Gasteiger charge is -2.16. The van der Waals surface area contributed by atoms with Crippen LogP contribution in [0.4, 0.5) is 0 Å². The van der Waals surface area contributed by atoms with Gasteiger partial charge in [-0.3, -0.25) is 4.79 Å². The van der Waals surface area contributed by atoms with Crippen LogP contribution in [-0.4, -0.2) is 37.0 Å². The van der Waals surface area contributed by atoms with Gasteiger partial charge < -0.3 is 9.30 Å². The van der Waals surface area contributed by atoms with Gasteiger partial charge in [-0.05, 0) is 43.2 Å². The van der Waals surface area contributed by atoms with Gasteiger partial charge in [-0.2, -0.15) is 4.31 Å². The number of benzene rings is 1. The smallest absolute Gasteiger partial charge is 0.250 e. The SMILES string of the molecule is O=c1ccc(S(=O)(=O)N2CCCC2)cn1CCOc1ccc(Cl)cc1. The molecule has 8 heteroatoms. The van der Waals surface area contributed by atoms with Crippen LogP contribution in [0.25, 0.3) is 0 Å². The van der Waals surface area contributed by atoms with Gasteiger partial charge in [0.15, 0.2) is 0 Å². The van der Waals surface area contributed by atoms with Crippen LogP contribution in [0.15, 0.2) is 52.3 Å². The van der Waals surface area contributed by atoms with E-state index in [0.29, 0.717) is 23.9 Å². The van der Waals surface area contributed by atoms with Crippen LogP contribution in [0, 0.1) is 0 Å². The van der Waals surface area contributed by atoms with Gasteiger partial charge in [-0.15, -0.1) is 0 Å². The van der Waals surface area contributed by atoms with E-state index in [0.717, 1.165) is 12.8 Å². The zero-order valence-electron chi connectivity index (χ0n) is 13.6. The zero-order valence-corrected chi connectivity index (χ0v) is 15.2. The lowest BCUT2D eigenvalue weighted by atomic mass is 10.3. The van der Waals surface area contributed by atoms with Crippen molar-refractivity contribution in [3.8, 4) is 5.75 Å². The molecular formula is C17H19ClN2O4S. The molecule has 0 amide bonds. The maximum atomic E-state index is 12.6. The standard InChI is InChI=1S/C17H19ClN2O4S/c18-14-3-5-15(6-4-14)24-12-11-19-13-16(7-8-17(19)21)25(22,23)20-9-1-2-10-20/h3-8,13H,1-2,9-12H2. The third kappa shape index (κ3) is 4.23. The van der Waals surface area contributed by atoms with Gasteiger partial charge in [0, 0.05) is 30.4 Å². The summed E-state index contributed by atoms with van der Waals surface area (Å²) in [4.78, 5) is 12.1. The van der Waals surface area contributed by atoms with Gasteiger partial charge in [0.05, 0.1) is 11.4 Å². The third-order valence-electron chi connectivity index (χ3n) is 4.07. The van der Waals surface area contributed by atoms with Crippen molar-refractivity contribution in [3.63, 3.8) is 0 Å². The molecule has 1 aliphatic heterocycles. The fraction of sp³-hybridized carbons (Fsp3) is 0.353. The van der Waals surface area contributed by atoms with Crippen molar-refractivity contribution in [1.29, 1.82) is 0 Å². The van der Waals surface area contributed by atoms with Crippen LogP contribution >= 0.6 is 11.6 Å². The normalized spacial score (nSPS) is 15.4. The Morgan fingerprint density at radius 3 is 2.40 bits per heavy atom. The summed E-state index contributed by atoms with van der Waals surface area (Å²) in [6.07, 6.45) is 3.13. The van der Waals surface area contributed by atoms with Crippen molar-refractivity contribution in [2.45, 2.75) is 24.3 Å². The highest BCUT2D eigenvalue weighted by Gasteiger charge is 2.27. The molecule has 3 rings (SSSR count). The minimum atomic E-state index is -3.54. The Balaban J connectivity index is 1.71.